The van der Waals surface area contributed by atoms with Crippen LogP contribution in [0.1, 0.15) is 32.3 Å². The topological polar surface area (TPSA) is 41.5 Å². The predicted molar refractivity (Wildman–Crippen MR) is 75.2 cm³/mol. The van der Waals surface area contributed by atoms with Gasteiger partial charge in [0.05, 0.1) is 13.2 Å². The predicted octanol–water partition coefficient (Wildman–Crippen LogP) is 2.99. The maximum atomic E-state index is 9.15. The zero-order valence-electron chi connectivity index (χ0n) is 11.1. The summed E-state index contributed by atoms with van der Waals surface area (Å²) >= 11 is 6.00. The van der Waals surface area contributed by atoms with Crippen LogP contribution < -0.4 is 10.1 Å². The van der Waals surface area contributed by atoms with Gasteiger partial charge < -0.3 is 15.2 Å². The minimum atomic E-state index is 0.114. The number of hydrogen-bond donors (Lipinski definition) is 2. The third-order valence-electron chi connectivity index (χ3n) is 2.78. The lowest BCUT2D eigenvalue weighted by Gasteiger charge is -2.16. The van der Waals surface area contributed by atoms with E-state index in [1.807, 2.05) is 25.1 Å². The van der Waals surface area contributed by atoms with Gasteiger partial charge in [-0.3, -0.25) is 0 Å². The molecule has 0 aliphatic heterocycles. The van der Waals surface area contributed by atoms with E-state index in [9.17, 15) is 0 Å². The van der Waals surface area contributed by atoms with Crippen molar-refractivity contribution >= 4 is 11.6 Å². The fraction of sp³-hybridized carbons (Fsp3) is 0.571. The summed E-state index contributed by atoms with van der Waals surface area (Å²) < 4.78 is 5.68. The average molecular weight is 272 g/mol. The van der Waals surface area contributed by atoms with E-state index < -0.39 is 0 Å². The Labute approximate surface area is 114 Å². The van der Waals surface area contributed by atoms with E-state index in [1.165, 1.54) is 0 Å². The first kappa shape index (κ1) is 15.3. The van der Waals surface area contributed by atoms with Crippen molar-refractivity contribution in [2.24, 2.45) is 0 Å². The van der Waals surface area contributed by atoms with Crippen molar-refractivity contribution in [1.29, 1.82) is 0 Å². The molecule has 0 fully saturated rings. The van der Waals surface area contributed by atoms with E-state index >= 15 is 0 Å². The standard InChI is InChI=1S/C14H22ClNO2/c1-3-7-18-14-6-5-12(15)8-11(14)9-16-13(4-2)10-17/h5-6,8,13,16-17H,3-4,7,9-10H2,1-2H3/t13-/m1/s1. The van der Waals surface area contributed by atoms with Crippen molar-refractivity contribution < 1.29 is 9.84 Å². The van der Waals surface area contributed by atoms with Crippen molar-refractivity contribution in [3.8, 4) is 5.75 Å². The Kier molecular flexibility index (Phi) is 7.09. The minimum Gasteiger partial charge on any atom is -0.493 e. The number of aliphatic hydroxyl groups excluding tert-OH is 1. The molecule has 18 heavy (non-hydrogen) atoms. The molecule has 0 saturated heterocycles. The van der Waals surface area contributed by atoms with Crippen molar-refractivity contribution in [1.82, 2.24) is 5.32 Å². The molecule has 0 radical (unpaired) electrons. The number of nitrogens with one attached hydrogen (secondary N) is 1. The third-order valence-corrected chi connectivity index (χ3v) is 3.01. The number of benzene rings is 1. The molecule has 1 aromatic rings. The number of halogens is 1. The molecule has 4 heteroatoms. The van der Waals surface area contributed by atoms with Crippen molar-refractivity contribution in [2.75, 3.05) is 13.2 Å². The Bertz CT molecular complexity index is 354. The second kappa shape index (κ2) is 8.35. The second-order valence-electron chi connectivity index (χ2n) is 4.27. The molecular formula is C14H22ClNO2. The lowest BCUT2D eigenvalue weighted by Crippen LogP contribution is -2.31. The largest absolute Gasteiger partial charge is 0.493 e. The normalized spacial score (nSPS) is 12.4. The summed E-state index contributed by atoms with van der Waals surface area (Å²) in [5.41, 5.74) is 1.03. The Hall–Kier alpha value is -0.770. The summed E-state index contributed by atoms with van der Waals surface area (Å²) in [6, 6.07) is 5.75. The van der Waals surface area contributed by atoms with E-state index in [-0.39, 0.29) is 12.6 Å². The third kappa shape index (κ3) is 4.84. The first-order chi connectivity index (χ1) is 8.71. The van der Waals surface area contributed by atoms with Crippen molar-refractivity contribution in [3.05, 3.63) is 28.8 Å². The van der Waals surface area contributed by atoms with Gasteiger partial charge in [0.15, 0.2) is 0 Å². The molecule has 0 amide bonds. The van der Waals surface area contributed by atoms with E-state index in [0.717, 1.165) is 24.2 Å². The molecule has 1 aromatic carbocycles. The highest BCUT2D eigenvalue weighted by atomic mass is 35.5. The molecule has 0 heterocycles. The summed E-state index contributed by atoms with van der Waals surface area (Å²) in [4.78, 5) is 0. The molecular weight excluding hydrogens is 250 g/mol. The first-order valence-electron chi connectivity index (χ1n) is 6.46. The van der Waals surface area contributed by atoms with Crippen LogP contribution in [-0.4, -0.2) is 24.4 Å². The Balaban J connectivity index is 2.68. The highest BCUT2D eigenvalue weighted by Crippen LogP contribution is 2.23. The average Bonchev–Trinajstić information content (AvgIpc) is 2.39. The van der Waals surface area contributed by atoms with Gasteiger partial charge in [-0.15, -0.1) is 0 Å². The fourth-order valence-electron chi connectivity index (χ4n) is 1.63. The highest BCUT2D eigenvalue weighted by Gasteiger charge is 2.08. The fourth-order valence-corrected chi connectivity index (χ4v) is 1.83. The summed E-state index contributed by atoms with van der Waals surface area (Å²) in [5.74, 6) is 0.863. The van der Waals surface area contributed by atoms with Gasteiger partial charge in [0.25, 0.3) is 0 Å². The molecule has 1 rings (SSSR count). The lowest BCUT2D eigenvalue weighted by molar-refractivity contribution is 0.237. The first-order valence-corrected chi connectivity index (χ1v) is 6.84. The van der Waals surface area contributed by atoms with E-state index in [0.29, 0.717) is 18.2 Å². The molecule has 0 saturated carbocycles. The van der Waals surface area contributed by atoms with Gasteiger partial charge in [0.1, 0.15) is 5.75 Å². The van der Waals surface area contributed by atoms with Crippen LogP contribution in [0.3, 0.4) is 0 Å². The maximum absolute atomic E-state index is 9.15. The zero-order chi connectivity index (χ0) is 13.4. The molecule has 3 nitrogen and oxygen atoms in total. The molecule has 0 unspecified atom stereocenters. The van der Waals surface area contributed by atoms with Crippen LogP contribution in [0.4, 0.5) is 0 Å². The summed E-state index contributed by atoms with van der Waals surface area (Å²) in [6.45, 7) is 5.61. The van der Waals surface area contributed by atoms with Gasteiger partial charge in [-0.1, -0.05) is 25.4 Å². The molecule has 1 atom stereocenters. The van der Waals surface area contributed by atoms with Crippen LogP contribution in [0.25, 0.3) is 0 Å². The Morgan fingerprint density at radius 2 is 2.17 bits per heavy atom. The maximum Gasteiger partial charge on any atom is 0.123 e. The van der Waals surface area contributed by atoms with Crippen LogP contribution in [0.2, 0.25) is 5.02 Å². The summed E-state index contributed by atoms with van der Waals surface area (Å²) in [6.07, 6.45) is 1.87. The van der Waals surface area contributed by atoms with Gasteiger partial charge in [-0.2, -0.15) is 0 Å². The second-order valence-corrected chi connectivity index (χ2v) is 4.71. The number of ether oxygens (including phenoxy) is 1. The van der Waals surface area contributed by atoms with Crippen LogP contribution in [0, 0.1) is 0 Å². The van der Waals surface area contributed by atoms with Crippen LogP contribution in [0.15, 0.2) is 18.2 Å². The molecule has 0 bridgehead atoms. The van der Waals surface area contributed by atoms with Crippen molar-refractivity contribution in [3.63, 3.8) is 0 Å². The Morgan fingerprint density at radius 3 is 2.78 bits per heavy atom. The lowest BCUT2D eigenvalue weighted by atomic mass is 10.1. The molecule has 102 valence electrons. The number of hydrogen-bond acceptors (Lipinski definition) is 3. The van der Waals surface area contributed by atoms with Gasteiger partial charge >= 0.3 is 0 Å². The Morgan fingerprint density at radius 1 is 1.39 bits per heavy atom. The van der Waals surface area contributed by atoms with E-state index in [1.54, 1.807) is 0 Å². The van der Waals surface area contributed by atoms with Gasteiger partial charge in [0, 0.05) is 23.2 Å². The number of rotatable bonds is 8. The van der Waals surface area contributed by atoms with Gasteiger partial charge in [-0.25, -0.2) is 0 Å². The summed E-state index contributed by atoms with van der Waals surface area (Å²) in [5, 5.41) is 13.1. The minimum absolute atomic E-state index is 0.114. The molecule has 0 aliphatic rings. The van der Waals surface area contributed by atoms with E-state index in [2.05, 4.69) is 12.2 Å². The van der Waals surface area contributed by atoms with Crippen LogP contribution in [-0.2, 0) is 6.54 Å². The monoisotopic (exact) mass is 271 g/mol. The van der Waals surface area contributed by atoms with Crippen molar-refractivity contribution in [2.45, 2.75) is 39.3 Å². The number of aliphatic hydroxyl groups is 1. The smallest absolute Gasteiger partial charge is 0.123 e. The molecule has 0 aromatic heterocycles. The van der Waals surface area contributed by atoms with Crippen LogP contribution in [0.5, 0.6) is 5.75 Å². The van der Waals surface area contributed by atoms with E-state index in [4.69, 9.17) is 21.4 Å². The van der Waals surface area contributed by atoms with Crippen LogP contribution >= 0.6 is 11.6 Å². The summed E-state index contributed by atoms with van der Waals surface area (Å²) in [7, 11) is 0. The SMILES string of the molecule is CCCOc1ccc(Cl)cc1CN[C@H](CC)CO. The zero-order valence-corrected chi connectivity index (χ0v) is 11.8. The van der Waals surface area contributed by atoms with Gasteiger partial charge in [-0.05, 0) is 31.0 Å². The highest BCUT2D eigenvalue weighted by molar-refractivity contribution is 6.30. The quantitative estimate of drug-likeness (QED) is 0.764. The van der Waals surface area contributed by atoms with Gasteiger partial charge in [0.2, 0.25) is 0 Å². The molecule has 0 spiro atoms. The molecule has 2 N–H and O–H groups in total. The molecule has 0 aliphatic carbocycles.